The minimum Gasteiger partial charge on any atom is -0.497 e. The number of alkyl halides is 2. The Morgan fingerprint density at radius 3 is 1.16 bits per heavy atom. The zero-order chi connectivity index (χ0) is 97.4. The molecule has 8 aliphatic rings. The fourth-order valence-corrected chi connectivity index (χ4v) is 19.4. The smallest absolute Gasteiger partial charge is 0.387 e. The van der Waals surface area contributed by atoms with E-state index in [2.05, 4.69) is 110 Å². The molecule has 0 radical (unpaired) electrons. The van der Waals surface area contributed by atoms with Gasteiger partial charge >= 0.3 is 30.7 Å². The van der Waals surface area contributed by atoms with Gasteiger partial charge in [0, 0.05) is 102 Å². The summed E-state index contributed by atoms with van der Waals surface area (Å²) in [5, 5.41) is 31.1. The van der Waals surface area contributed by atoms with Crippen LogP contribution < -0.4 is 56.7 Å². The Kier molecular flexibility index (Phi) is 23.5. The van der Waals surface area contributed by atoms with Crippen LogP contribution in [0.5, 0.6) is 17.2 Å². The van der Waals surface area contributed by atoms with E-state index in [0.717, 1.165) is 87.6 Å². The number of imide groups is 4. The van der Waals surface area contributed by atoms with Gasteiger partial charge in [0.1, 0.15) is 23.1 Å². The van der Waals surface area contributed by atoms with Crippen molar-refractivity contribution in [3.63, 3.8) is 0 Å². The molecule has 11 heterocycles. The van der Waals surface area contributed by atoms with E-state index in [9.17, 15) is 70.7 Å². The number of hydrogen-bond acceptors (Lipinski definition) is 18. The number of fused-ring (bicyclic) bond motifs is 6. The minimum absolute atomic E-state index is 0.000497. The Bertz CT molecular complexity index is 7310. The van der Waals surface area contributed by atoms with Crippen LogP contribution in [0.1, 0.15) is 97.1 Å². The molecule has 700 valence electrons. The molecular weight excluding hydrogens is 1850 g/mol. The van der Waals surface area contributed by atoms with Gasteiger partial charge in [0.25, 0.3) is 47.3 Å². The number of carbonyl (C=O) groups excluding carboxylic acids is 12. The topological polar surface area (TPSA) is 395 Å². The number of aromatic nitrogens is 6. The van der Waals surface area contributed by atoms with Crippen LogP contribution >= 0.6 is 15.9 Å². The first kappa shape index (κ1) is 91.0. The number of nitrogens with one attached hydrogen (secondary N) is 8. The minimum atomic E-state index is -3.00. The lowest BCUT2D eigenvalue weighted by Crippen LogP contribution is -2.52. The zero-order valence-electron chi connectivity index (χ0n) is 75.0. The van der Waals surface area contributed by atoms with Crippen LogP contribution in [0.25, 0.3) is 60.9 Å². The van der Waals surface area contributed by atoms with Crippen LogP contribution in [0.3, 0.4) is 0 Å². The molecular formula is C102H84BrF3N18O15. The molecule has 16 amide bonds. The van der Waals surface area contributed by atoms with E-state index >= 15 is 0 Å². The zero-order valence-corrected chi connectivity index (χ0v) is 76.6. The highest BCUT2D eigenvalue weighted by molar-refractivity contribution is 9.10. The molecule has 4 saturated heterocycles. The fourth-order valence-electron chi connectivity index (χ4n) is 19.2. The molecule has 8 N–H and O–H groups in total. The third-order valence-electron chi connectivity index (χ3n) is 26.1. The van der Waals surface area contributed by atoms with Crippen molar-refractivity contribution in [1.29, 1.82) is 0 Å². The van der Waals surface area contributed by atoms with Gasteiger partial charge in [-0.25, -0.2) is 28.6 Å². The van der Waals surface area contributed by atoms with E-state index < -0.39 is 88.2 Å². The number of methoxy groups -OCH3 is 2. The van der Waals surface area contributed by atoms with Crippen molar-refractivity contribution >= 4 is 109 Å². The molecule has 4 atom stereocenters. The summed E-state index contributed by atoms with van der Waals surface area (Å²) in [5.74, 6) is -2.77. The molecule has 37 heteroatoms. The molecule has 139 heavy (non-hydrogen) atoms. The number of aryl methyl sites for hydroxylation is 4. The Hall–Kier alpha value is -17.1. The van der Waals surface area contributed by atoms with Crippen molar-refractivity contribution in [2.75, 3.05) is 40.4 Å². The number of hydrogen-bond donors (Lipinski definition) is 8. The molecule has 33 nitrogen and oxygen atoms in total. The number of halogens is 4. The van der Waals surface area contributed by atoms with E-state index in [0.29, 0.717) is 69.1 Å². The van der Waals surface area contributed by atoms with Crippen molar-refractivity contribution in [2.24, 2.45) is 14.1 Å². The normalized spacial score (nSPS) is 19.2. The highest BCUT2D eigenvalue weighted by Gasteiger charge is 2.55. The number of amides is 16. The second-order valence-electron chi connectivity index (χ2n) is 34.7. The maximum absolute atomic E-state index is 13.7. The van der Waals surface area contributed by atoms with E-state index in [1.807, 2.05) is 146 Å². The molecule has 22 rings (SSSR count). The molecule has 0 unspecified atom stereocenters. The van der Waals surface area contributed by atoms with Crippen LogP contribution in [0.15, 0.2) is 254 Å². The van der Waals surface area contributed by atoms with Gasteiger partial charge in [-0.15, -0.1) is 0 Å². The van der Waals surface area contributed by atoms with Gasteiger partial charge in [-0.3, -0.25) is 69.0 Å². The van der Waals surface area contributed by atoms with Gasteiger partial charge in [-0.05, 0) is 200 Å². The van der Waals surface area contributed by atoms with Gasteiger partial charge in [0.05, 0.1) is 64.0 Å². The second-order valence-corrected chi connectivity index (χ2v) is 35.6. The first-order chi connectivity index (χ1) is 66.8. The number of imidazole rings is 1. The summed E-state index contributed by atoms with van der Waals surface area (Å²) in [7, 11) is 6.91. The number of rotatable bonds is 20. The standard InChI is InChI=1S/2C28H25N5O4.C27H20FN5O3.C19H14BrF2N3O4/c1-16-10-19(11-20-13-32(2)31-24(16)20)17-4-7-21(8-5-17)28(26(35)29-27(36)30-28)15-33-14-18-6-9-22(37-3)12-23(18)25(33)34;1-16-10-19(11-20-13-29-32(2)24(16)20)17-4-7-21(8-5-17)28(26(35)30-27(36)31-28)15-33-14-18-6-9-22(37-3)12-23(18)25(33)34;28-21-8-3-19-14-33(24(34)23(19)13-21)15-27(25(35)30-26(36)31-27)20-6-1-17(2-7-20)18-4-9-22(10-5-18)32-12-11-29-16-32;20-12-4-2-11(3-5-12)19(16(27)23-18(28)24-19)9-25-8-10-1-6-13(29-17(21)22)7-14(10)15(25)26/h4-13H,14-15H2,1-3H3,(H2,29,30,35,36);4-13H,14-15H2,1-3H3,(H2,30,31,35,36);1-13,16H,14-15H2,(H2,30,31,35,36);1-7,17H,8-9H2,(H2,23,24,27,28)/t2*28-;27-;19-/m0000/s1. The van der Waals surface area contributed by atoms with Crippen molar-refractivity contribution < 1.29 is 84.9 Å². The third-order valence-corrected chi connectivity index (χ3v) is 26.6. The van der Waals surface area contributed by atoms with Gasteiger partial charge in [-0.2, -0.15) is 19.0 Å². The molecule has 11 aromatic carbocycles. The van der Waals surface area contributed by atoms with E-state index in [1.165, 1.54) is 40.1 Å². The number of urea groups is 4. The van der Waals surface area contributed by atoms with Crippen LogP contribution in [-0.2, 0) is 81.6 Å². The van der Waals surface area contributed by atoms with Gasteiger partial charge in [0.15, 0.2) is 22.2 Å². The Labute approximate surface area is 798 Å². The number of nitrogens with zero attached hydrogens (tertiary/aromatic N) is 10. The second kappa shape index (κ2) is 35.9. The van der Waals surface area contributed by atoms with E-state index in [4.69, 9.17) is 9.47 Å². The van der Waals surface area contributed by atoms with Crippen LogP contribution in [0.4, 0.5) is 32.3 Å². The summed E-state index contributed by atoms with van der Waals surface area (Å²) in [4.78, 5) is 163. The summed E-state index contributed by atoms with van der Waals surface area (Å²) < 4.78 is 59.8. The largest absolute Gasteiger partial charge is 0.497 e. The monoisotopic (exact) mass is 1940 g/mol. The molecule has 3 aromatic heterocycles. The molecule has 4 fully saturated rings. The van der Waals surface area contributed by atoms with E-state index in [-0.39, 0.29) is 73.9 Å². The predicted molar refractivity (Wildman–Crippen MR) is 503 cm³/mol. The van der Waals surface area contributed by atoms with Crippen molar-refractivity contribution in [3.8, 4) is 56.3 Å². The molecule has 8 aliphatic heterocycles. The average molecular weight is 1940 g/mol. The predicted octanol–water partition coefficient (Wildman–Crippen LogP) is 12.6. The number of carbonyl (C=O) groups is 12. The molecule has 0 saturated carbocycles. The highest BCUT2D eigenvalue weighted by Crippen LogP contribution is 2.42. The van der Waals surface area contributed by atoms with Crippen LogP contribution in [-0.4, -0.2) is 167 Å². The van der Waals surface area contributed by atoms with Crippen molar-refractivity contribution in [3.05, 3.63) is 338 Å². The number of benzene rings is 11. The third kappa shape index (κ3) is 17.0. The lowest BCUT2D eigenvalue weighted by molar-refractivity contribution is -0.125. The Morgan fingerprint density at radius 2 is 0.777 bits per heavy atom. The Balaban J connectivity index is 0.000000119. The summed E-state index contributed by atoms with van der Waals surface area (Å²) in [5.41, 5.74) is 12.2. The molecule has 0 bridgehead atoms. The summed E-state index contributed by atoms with van der Waals surface area (Å²) in [6, 6.07) is 61.9. The quantitative estimate of drug-likeness (QED) is 0.0329. The Morgan fingerprint density at radius 1 is 0.417 bits per heavy atom. The van der Waals surface area contributed by atoms with Gasteiger partial charge < -0.3 is 59.6 Å². The fraction of sp³-hybridized carbons (Fsp3) is 0.186. The molecule has 14 aromatic rings. The van der Waals surface area contributed by atoms with Crippen LogP contribution in [0.2, 0.25) is 0 Å². The summed E-state index contributed by atoms with van der Waals surface area (Å²) in [6.07, 6.45) is 9.13. The molecule has 0 spiro atoms. The first-order valence-electron chi connectivity index (χ1n) is 43.7. The highest BCUT2D eigenvalue weighted by atomic mass is 79.9. The number of ether oxygens (including phenoxy) is 3. The first-order valence-corrected chi connectivity index (χ1v) is 44.5. The maximum Gasteiger partial charge on any atom is 0.387 e. The van der Waals surface area contributed by atoms with Crippen LogP contribution in [0, 0.1) is 19.7 Å². The summed E-state index contributed by atoms with van der Waals surface area (Å²) >= 11 is 3.32. The average Bonchev–Trinajstić information content (AvgIpc) is 1.61. The molecule has 0 aliphatic carbocycles. The summed E-state index contributed by atoms with van der Waals surface area (Å²) in [6.45, 7) is 1.95. The van der Waals surface area contributed by atoms with Crippen molar-refractivity contribution in [1.82, 2.24) is 91.2 Å². The lowest BCUT2D eigenvalue weighted by Gasteiger charge is -2.31. The lowest BCUT2D eigenvalue weighted by atomic mass is 9.87. The van der Waals surface area contributed by atoms with Gasteiger partial charge in [0.2, 0.25) is 0 Å². The van der Waals surface area contributed by atoms with E-state index in [1.54, 1.807) is 108 Å². The SMILES string of the molecule is COc1ccc2c(c1)C(=O)N(C[C@@]1(c3ccc(-c4cc(C)c5c(cnn5C)c4)cc3)NC(=O)NC1=O)C2.COc1ccc2c(c1)C(=O)N(C[C@@]1(c3ccc(-c4cc(C)c5nn(C)cc5c4)cc3)NC(=O)NC1=O)C2.O=C1NC(=O)[C@](CN2Cc3ccc(F)cc3C2=O)(c2ccc(-c3ccc(-n4ccnc4)cc3)cc2)N1.O=C1NC(=O)[C@](CN2Cc3ccc(OC(F)F)cc3C2=O)(c2ccc(Br)cc2)N1. The maximum atomic E-state index is 13.7. The van der Waals surface area contributed by atoms with Crippen molar-refractivity contribution in [2.45, 2.75) is 68.8 Å². The van der Waals surface area contributed by atoms with Gasteiger partial charge in [-0.1, -0.05) is 137 Å².